The minimum atomic E-state index is -3.68. The zero-order valence-corrected chi connectivity index (χ0v) is 16.1. The number of nitrogens with one attached hydrogen (secondary N) is 1. The molecule has 26 heavy (non-hydrogen) atoms. The molecule has 7 heteroatoms. The molecule has 0 saturated heterocycles. The van der Waals surface area contributed by atoms with Gasteiger partial charge in [-0.2, -0.15) is 0 Å². The van der Waals surface area contributed by atoms with E-state index in [1.807, 2.05) is 12.1 Å². The van der Waals surface area contributed by atoms with E-state index in [-0.39, 0.29) is 10.8 Å². The highest BCUT2D eigenvalue weighted by Crippen LogP contribution is 2.31. The molecule has 2 aromatic rings. The average molecular weight is 393 g/mol. The van der Waals surface area contributed by atoms with Crippen LogP contribution in [-0.2, 0) is 21.2 Å². The second-order valence-corrected chi connectivity index (χ2v) is 8.42. The van der Waals surface area contributed by atoms with Crippen molar-refractivity contribution in [1.29, 1.82) is 0 Å². The number of unbranched alkanes of at least 4 members (excludes halogenated alkanes) is 1. The fourth-order valence-electron chi connectivity index (χ4n) is 3.01. The number of carbonyl (C=O) groups is 1. The van der Waals surface area contributed by atoms with E-state index in [2.05, 4.69) is 11.6 Å². The first kappa shape index (κ1) is 18.7. The number of carbonyl (C=O) groups excluding carboxylic acids is 1. The monoisotopic (exact) mass is 392 g/mol. The van der Waals surface area contributed by atoms with Crippen molar-refractivity contribution in [3.63, 3.8) is 0 Å². The van der Waals surface area contributed by atoms with Crippen LogP contribution in [0.2, 0.25) is 5.02 Å². The van der Waals surface area contributed by atoms with Gasteiger partial charge in [-0.05, 0) is 60.9 Å². The van der Waals surface area contributed by atoms with E-state index in [9.17, 15) is 13.2 Å². The van der Waals surface area contributed by atoms with Crippen molar-refractivity contribution in [2.45, 2.75) is 37.5 Å². The molecule has 138 valence electrons. The van der Waals surface area contributed by atoms with Gasteiger partial charge in [-0.3, -0.25) is 9.52 Å². The number of sulfonamides is 1. The van der Waals surface area contributed by atoms with Gasteiger partial charge in [0, 0.05) is 29.4 Å². The molecule has 0 atom stereocenters. The van der Waals surface area contributed by atoms with Gasteiger partial charge in [-0.25, -0.2) is 8.42 Å². The smallest absolute Gasteiger partial charge is 0.261 e. The Morgan fingerprint density at radius 1 is 1.12 bits per heavy atom. The first-order valence-corrected chi connectivity index (χ1v) is 10.5. The molecule has 0 bridgehead atoms. The average Bonchev–Trinajstić information content (AvgIpc) is 2.61. The van der Waals surface area contributed by atoms with Crippen LogP contribution >= 0.6 is 11.6 Å². The summed E-state index contributed by atoms with van der Waals surface area (Å²) in [5.74, 6) is 0.125. The Kier molecular flexibility index (Phi) is 5.53. The topological polar surface area (TPSA) is 66.5 Å². The molecule has 0 unspecified atom stereocenters. The number of anilines is 2. The van der Waals surface area contributed by atoms with Crippen LogP contribution in [0.25, 0.3) is 0 Å². The lowest BCUT2D eigenvalue weighted by Crippen LogP contribution is -2.35. The maximum atomic E-state index is 12.5. The molecule has 0 spiro atoms. The Bertz CT molecular complexity index is 911. The van der Waals surface area contributed by atoms with E-state index in [0.29, 0.717) is 30.1 Å². The predicted molar refractivity (Wildman–Crippen MR) is 104 cm³/mol. The second kappa shape index (κ2) is 7.68. The molecule has 1 amide bonds. The van der Waals surface area contributed by atoms with Crippen LogP contribution in [0.1, 0.15) is 31.7 Å². The van der Waals surface area contributed by atoms with Gasteiger partial charge in [0.1, 0.15) is 0 Å². The Hall–Kier alpha value is -2.05. The van der Waals surface area contributed by atoms with Crippen LogP contribution in [0.4, 0.5) is 11.4 Å². The quantitative estimate of drug-likeness (QED) is 0.800. The van der Waals surface area contributed by atoms with Crippen LogP contribution in [-0.4, -0.2) is 20.9 Å². The van der Waals surface area contributed by atoms with Crippen molar-refractivity contribution in [2.24, 2.45) is 0 Å². The van der Waals surface area contributed by atoms with Crippen molar-refractivity contribution in [2.75, 3.05) is 16.2 Å². The fraction of sp³-hybridized carbons (Fsp3) is 0.316. The molecule has 1 N–H and O–H groups in total. The summed E-state index contributed by atoms with van der Waals surface area (Å²) in [5, 5.41) is 0.481. The summed E-state index contributed by atoms with van der Waals surface area (Å²) in [6, 6.07) is 11.3. The third kappa shape index (κ3) is 4.02. The second-order valence-electron chi connectivity index (χ2n) is 6.30. The molecule has 0 aliphatic carbocycles. The van der Waals surface area contributed by atoms with Gasteiger partial charge in [0.15, 0.2) is 0 Å². The zero-order valence-electron chi connectivity index (χ0n) is 14.5. The third-order valence-electron chi connectivity index (χ3n) is 4.39. The molecule has 0 fully saturated rings. The molecule has 1 aliphatic rings. The molecule has 0 aromatic heterocycles. The molecule has 1 heterocycles. The van der Waals surface area contributed by atoms with Gasteiger partial charge in [-0.15, -0.1) is 0 Å². The van der Waals surface area contributed by atoms with Gasteiger partial charge in [-0.1, -0.05) is 24.9 Å². The van der Waals surface area contributed by atoms with Gasteiger partial charge in [0.2, 0.25) is 5.91 Å². The Labute approximate surface area is 159 Å². The molecule has 5 nitrogen and oxygen atoms in total. The normalized spacial score (nSPS) is 14.2. The summed E-state index contributed by atoms with van der Waals surface area (Å²) in [7, 11) is -3.68. The number of fused-ring (bicyclic) bond motifs is 1. The summed E-state index contributed by atoms with van der Waals surface area (Å²) < 4.78 is 27.6. The first-order valence-electron chi connectivity index (χ1n) is 8.62. The lowest BCUT2D eigenvalue weighted by Gasteiger charge is -2.29. The minimum absolute atomic E-state index is 0.125. The highest BCUT2D eigenvalue weighted by Gasteiger charge is 2.24. The fourth-order valence-corrected chi connectivity index (χ4v) is 4.19. The van der Waals surface area contributed by atoms with E-state index in [4.69, 9.17) is 11.6 Å². The Morgan fingerprint density at radius 2 is 1.85 bits per heavy atom. The van der Waals surface area contributed by atoms with Gasteiger partial charge < -0.3 is 4.90 Å². The molecule has 2 aromatic carbocycles. The molecule has 3 rings (SSSR count). The van der Waals surface area contributed by atoms with Crippen LogP contribution < -0.4 is 9.62 Å². The van der Waals surface area contributed by atoms with Crippen LogP contribution in [0.15, 0.2) is 47.4 Å². The number of amides is 1. The van der Waals surface area contributed by atoms with Gasteiger partial charge in [0.05, 0.1) is 4.90 Å². The number of aryl methyl sites for hydroxylation is 1. The Morgan fingerprint density at radius 3 is 2.54 bits per heavy atom. The highest BCUT2D eigenvalue weighted by atomic mass is 35.5. The Balaban J connectivity index is 1.85. The maximum absolute atomic E-state index is 12.5. The SMILES string of the molecule is CCCCN1C(=O)CCc2cc(NS(=O)(=O)c3ccc(Cl)cc3)ccc21. The number of halogens is 1. The standard InChI is InChI=1S/C19H21ClN2O3S/c1-2-3-12-22-18-10-7-16(13-14(18)4-11-19(22)23)21-26(24,25)17-8-5-15(20)6-9-17/h5-10,13,21H,2-4,11-12H2,1H3. The van der Waals surface area contributed by atoms with Crippen molar-refractivity contribution in [3.05, 3.63) is 53.1 Å². The lowest BCUT2D eigenvalue weighted by atomic mass is 10.00. The van der Waals surface area contributed by atoms with Gasteiger partial charge >= 0.3 is 0 Å². The summed E-state index contributed by atoms with van der Waals surface area (Å²) in [4.78, 5) is 14.2. The van der Waals surface area contributed by atoms with E-state index in [0.717, 1.165) is 24.1 Å². The minimum Gasteiger partial charge on any atom is -0.312 e. The molecular weight excluding hydrogens is 372 g/mol. The number of benzene rings is 2. The largest absolute Gasteiger partial charge is 0.312 e. The van der Waals surface area contributed by atoms with Crippen molar-refractivity contribution in [3.8, 4) is 0 Å². The molecule has 1 aliphatic heterocycles. The third-order valence-corrected chi connectivity index (χ3v) is 6.04. The number of nitrogens with zero attached hydrogens (tertiary/aromatic N) is 1. The van der Waals surface area contributed by atoms with E-state index in [1.165, 1.54) is 12.1 Å². The van der Waals surface area contributed by atoms with E-state index >= 15 is 0 Å². The number of rotatable bonds is 6. The summed E-state index contributed by atoms with van der Waals surface area (Å²) in [6.07, 6.45) is 3.02. The summed E-state index contributed by atoms with van der Waals surface area (Å²) in [6.45, 7) is 2.78. The number of hydrogen-bond acceptors (Lipinski definition) is 3. The van der Waals surface area contributed by atoms with E-state index in [1.54, 1.807) is 23.1 Å². The van der Waals surface area contributed by atoms with Crippen molar-refractivity contribution < 1.29 is 13.2 Å². The summed E-state index contributed by atoms with van der Waals surface area (Å²) >= 11 is 5.82. The van der Waals surface area contributed by atoms with Crippen LogP contribution in [0.5, 0.6) is 0 Å². The lowest BCUT2D eigenvalue weighted by molar-refractivity contribution is -0.118. The van der Waals surface area contributed by atoms with Crippen molar-refractivity contribution >= 4 is 38.9 Å². The maximum Gasteiger partial charge on any atom is 0.261 e. The predicted octanol–water partition coefficient (Wildman–Crippen LogP) is 4.22. The molecular formula is C19H21ClN2O3S. The van der Waals surface area contributed by atoms with E-state index < -0.39 is 10.0 Å². The van der Waals surface area contributed by atoms with Crippen molar-refractivity contribution in [1.82, 2.24) is 0 Å². The zero-order chi connectivity index (χ0) is 18.7. The molecule has 0 saturated carbocycles. The highest BCUT2D eigenvalue weighted by molar-refractivity contribution is 7.92. The van der Waals surface area contributed by atoms with Crippen LogP contribution in [0.3, 0.4) is 0 Å². The first-order chi connectivity index (χ1) is 12.4. The van der Waals surface area contributed by atoms with Gasteiger partial charge in [0.25, 0.3) is 10.0 Å². The molecule has 0 radical (unpaired) electrons. The van der Waals surface area contributed by atoms with Crippen LogP contribution in [0, 0.1) is 0 Å². The summed E-state index contributed by atoms with van der Waals surface area (Å²) in [5.41, 5.74) is 2.35. The number of hydrogen-bond donors (Lipinski definition) is 1.